The first-order valence-electron chi connectivity index (χ1n) is 7.81. The maximum absolute atomic E-state index is 12.2. The summed E-state index contributed by atoms with van der Waals surface area (Å²) < 4.78 is 5.85. The largest absolute Gasteiger partial charge is 0.461 e. The van der Waals surface area contributed by atoms with Crippen LogP contribution in [0, 0.1) is 16.7 Å². The topological polar surface area (TPSA) is 26.3 Å². The average molecular weight is 304 g/mol. The Morgan fingerprint density at radius 2 is 2.00 bits per heavy atom. The minimum absolute atomic E-state index is 0.0709. The van der Waals surface area contributed by atoms with Crippen LogP contribution in [0.25, 0.3) is 0 Å². The van der Waals surface area contributed by atoms with Gasteiger partial charge in [-0.1, -0.05) is 39.0 Å². The molecule has 114 valence electrons. The minimum atomic E-state index is -0.0709. The highest BCUT2D eigenvalue weighted by Gasteiger charge is 2.62. The highest BCUT2D eigenvalue weighted by atomic mass is 32.2. The number of fused-ring (bicyclic) bond motifs is 2. The van der Waals surface area contributed by atoms with Gasteiger partial charge in [-0.05, 0) is 42.7 Å². The predicted molar refractivity (Wildman–Crippen MR) is 86.3 cm³/mol. The molecule has 0 aliphatic heterocycles. The van der Waals surface area contributed by atoms with Gasteiger partial charge in [-0.15, -0.1) is 11.8 Å². The monoisotopic (exact) mass is 304 g/mol. The Morgan fingerprint density at radius 3 is 2.57 bits per heavy atom. The van der Waals surface area contributed by atoms with Gasteiger partial charge in [0.25, 0.3) is 0 Å². The Labute approximate surface area is 131 Å². The van der Waals surface area contributed by atoms with Crippen LogP contribution in [0.3, 0.4) is 0 Å². The van der Waals surface area contributed by atoms with Crippen molar-refractivity contribution in [2.24, 2.45) is 16.7 Å². The Balaban J connectivity index is 1.57. The van der Waals surface area contributed by atoms with E-state index >= 15 is 0 Å². The van der Waals surface area contributed by atoms with Gasteiger partial charge in [-0.25, -0.2) is 0 Å². The summed E-state index contributed by atoms with van der Waals surface area (Å²) >= 11 is 1.56. The number of hydrogen-bond acceptors (Lipinski definition) is 3. The third-order valence-corrected chi connectivity index (χ3v) is 7.07. The van der Waals surface area contributed by atoms with Gasteiger partial charge in [0.15, 0.2) is 0 Å². The van der Waals surface area contributed by atoms with E-state index in [0.29, 0.717) is 17.1 Å². The zero-order valence-electron chi connectivity index (χ0n) is 13.1. The van der Waals surface area contributed by atoms with Crippen LogP contribution in [0.15, 0.2) is 35.2 Å². The predicted octanol–water partition coefficient (Wildman–Crippen LogP) is 4.54. The molecule has 2 aliphatic rings. The summed E-state index contributed by atoms with van der Waals surface area (Å²) in [5.41, 5.74) is 0.454. The lowest BCUT2D eigenvalue weighted by molar-refractivity contribution is -0.153. The van der Waals surface area contributed by atoms with E-state index in [1.165, 1.54) is 12.8 Å². The molecule has 2 aliphatic carbocycles. The van der Waals surface area contributed by atoms with Crippen molar-refractivity contribution < 1.29 is 9.53 Å². The van der Waals surface area contributed by atoms with Crippen molar-refractivity contribution in [1.82, 2.24) is 0 Å². The minimum Gasteiger partial charge on any atom is -0.461 e. The molecular weight excluding hydrogens is 280 g/mol. The second kappa shape index (κ2) is 5.35. The van der Waals surface area contributed by atoms with Crippen LogP contribution >= 0.6 is 11.8 Å². The molecule has 1 aromatic carbocycles. The summed E-state index contributed by atoms with van der Waals surface area (Å²) in [5, 5.41) is 0. The summed E-state index contributed by atoms with van der Waals surface area (Å²) in [5.74, 6) is 1.04. The lowest BCUT2D eigenvalue weighted by Crippen LogP contribution is -2.38. The van der Waals surface area contributed by atoms with Crippen LogP contribution in [0.5, 0.6) is 0 Å². The van der Waals surface area contributed by atoms with E-state index in [1.54, 1.807) is 11.8 Å². The van der Waals surface area contributed by atoms with Gasteiger partial charge in [0, 0.05) is 10.3 Å². The molecule has 0 radical (unpaired) electrons. The molecule has 2 fully saturated rings. The van der Waals surface area contributed by atoms with Gasteiger partial charge in [0.1, 0.15) is 6.10 Å². The first-order chi connectivity index (χ1) is 9.93. The molecule has 0 amide bonds. The highest BCUT2D eigenvalue weighted by molar-refractivity contribution is 8.00. The number of thioether (sulfide) groups is 1. The van der Waals surface area contributed by atoms with E-state index in [1.807, 2.05) is 30.3 Å². The first kappa shape index (κ1) is 15.0. The van der Waals surface area contributed by atoms with Crippen molar-refractivity contribution >= 4 is 17.7 Å². The van der Waals surface area contributed by atoms with Crippen LogP contribution < -0.4 is 0 Å². The quantitative estimate of drug-likeness (QED) is 0.603. The van der Waals surface area contributed by atoms with E-state index in [4.69, 9.17) is 4.74 Å². The summed E-state index contributed by atoms with van der Waals surface area (Å²) in [4.78, 5) is 13.3. The van der Waals surface area contributed by atoms with Gasteiger partial charge in [-0.3, -0.25) is 4.79 Å². The molecule has 2 saturated carbocycles. The maximum Gasteiger partial charge on any atom is 0.316 e. The van der Waals surface area contributed by atoms with Gasteiger partial charge >= 0.3 is 5.97 Å². The molecule has 3 atom stereocenters. The summed E-state index contributed by atoms with van der Waals surface area (Å²) in [6.45, 7) is 7.00. The summed E-state index contributed by atoms with van der Waals surface area (Å²) in [7, 11) is 0. The number of esters is 1. The highest BCUT2D eigenvalue weighted by Crippen LogP contribution is 2.66. The third kappa shape index (κ3) is 2.50. The van der Waals surface area contributed by atoms with E-state index < -0.39 is 0 Å². The van der Waals surface area contributed by atoms with Crippen molar-refractivity contribution in [3.05, 3.63) is 30.3 Å². The van der Waals surface area contributed by atoms with Crippen LogP contribution in [0.2, 0.25) is 0 Å². The van der Waals surface area contributed by atoms with Crippen LogP contribution in [-0.4, -0.2) is 17.8 Å². The van der Waals surface area contributed by atoms with Crippen molar-refractivity contribution in [2.45, 2.75) is 51.0 Å². The number of hydrogen-bond donors (Lipinski definition) is 0. The zero-order chi connectivity index (χ0) is 15.1. The molecule has 2 bridgehead atoms. The second-order valence-electron chi connectivity index (χ2n) is 7.19. The van der Waals surface area contributed by atoms with Crippen LogP contribution in [0.4, 0.5) is 0 Å². The molecule has 2 nitrogen and oxygen atoms in total. The number of carbonyl (C=O) groups excluding carboxylic acids is 1. The molecule has 0 unspecified atom stereocenters. The molecule has 0 spiro atoms. The third-order valence-electron chi connectivity index (χ3n) is 6.09. The smallest absolute Gasteiger partial charge is 0.316 e. The number of rotatable bonds is 4. The molecule has 0 N–H and O–H groups in total. The average Bonchev–Trinajstić information content (AvgIpc) is 2.79. The molecule has 1 aromatic rings. The van der Waals surface area contributed by atoms with E-state index in [2.05, 4.69) is 20.8 Å². The molecule has 0 saturated heterocycles. The van der Waals surface area contributed by atoms with Gasteiger partial charge in [0.2, 0.25) is 0 Å². The lowest BCUT2D eigenvalue weighted by atomic mass is 9.70. The van der Waals surface area contributed by atoms with Crippen molar-refractivity contribution in [2.75, 3.05) is 5.75 Å². The van der Waals surface area contributed by atoms with E-state index in [9.17, 15) is 4.79 Å². The van der Waals surface area contributed by atoms with Gasteiger partial charge in [0.05, 0.1) is 5.75 Å². The van der Waals surface area contributed by atoms with Crippen molar-refractivity contribution in [3.8, 4) is 0 Å². The fourth-order valence-corrected chi connectivity index (χ4v) is 4.86. The fourth-order valence-electron chi connectivity index (χ4n) is 4.16. The SMILES string of the molecule is CC1(C)[C@H]2CC[C@@]1(C)[C@H](OC(=O)CSc1ccccc1)C2. The van der Waals surface area contributed by atoms with Crippen molar-refractivity contribution in [3.63, 3.8) is 0 Å². The first-order valence-corrected chi connectivity index (χ1v) is 8.79. The van der Waals surface area contributed by atoms with Crippen molar-refractivity contribution in [1.29, 1.82) is 0 Å². The van der Waals surface area contributed by atoms with E-state index in [0.717, 1.165) is 11.3 Å². The molecule has 3 heteroatoms. The molecular formula is C18H24O2S. The van der Waals surface area contributed by atoms with Crippen LogP contribution in [-0.2, 0) is 9.53 Å². The Bertz CT molecular complexity index is 525. The second-order valence-corrected chi connectivity index (χ2v) is 8.24. The molecule has 21 heavy (non-hydrogen) atoms. The zero-order valence-corrected chi connectivity index (χ0v) is 13.9. The summed E-state index contributed by atoms with van der Waals surface area (Å²) in [6, 6.07) is 10.0. The molecule has 0 aromatic heterocycles. The normalized spacial score (nSPS) is 33.1. The van der Waals surface area contributed by atoms with Gasteiger partial charge in [-0.2, -0.15) is 0 Å². The molecule has 3 rings (SSSR count). The Kier molecular flexibility index (Phi) is 3.81. The fraction of sp³-hybridized carbons (Fsp3) is 0.611. The van der Waals surface area contributed by atoms with E-state index in [-0.39, 0.29) is 17.5 Å². The molecule has 0 heterocycles. The number of ether oxygens (including phenoxy) is 1. The Hall–Kier alpha value is -0.960. The van der Waals surface area contributed by atoms with Gasteiger partial charge < -0.3 is 4.74 Å². The van der Waals surface area contributed by atoms with Crippen LogP contribution in [0.1, 0.15) is 40.0 Å². The standard InChI is InChI=1S/C18H24O2S/c1-17(2)13-9-10-18(17,3)15(11-13)20-16(19)12-21-14-7-5-4-6-8-14/h4-8,13,15H,9-12H2,1-3H3/t13-,15+,18-/m0/s1. The number of benzene rings is 1. The number of carbonyl (C=O) groups is 1. The summed E-state index contributed by atoms with van der Waals surface area (Å²) in [6.07, 6.45) is 3.63. The maximum atomic E-state index is 12.2. The Morgan fingerprint density at radius 1 is 1.29 bits per heavy atom. The lowest BCUT2D eigenvalue weighted by Gasteiger charge is -2.38.